The molecule has 1 aromatic heterocycles. The molecular formula is C10H15Br2N3OSi. The monoisotopic (exact) mass is 379 g/mol. The second-order valence-corrected chi connectivity index (χ2v) is 12.0. The molecule has 0 unspecified atom stereocenters. The average molecular weight is 381 g/mol. The van der Waals surface area contributed by atoms with Gasteiger partial charge >= 0.3 is 0 Å². The van der Waals surface area contributed by atoms with Gasteiger partial charge in [0.2, 0.25) is 0 Å². The lowest BCUT2D eigenvalue weighted by atomic mass is 10.4. The Bertz CT molecular complexity index is 434. The van der Waals surface area contributed by atoms with Crippen LogP contribution < -0.4 is 0 Å². The summed E-state index contributed by atoms with van der Waals surface area (Å²) in [6.07, 6.45) is 0. The fraction of sp³-hybridized carbons (Fsp3) is 0.600. The van der Waals surface area contributed by atoms with E-state index in [2.05, 4.69) is 62.7 Å². The topological polar surface area (TPSA) is 50.8 Å². The molecule has 0 amide bonds. The van der Waals surface area contributed by atoms with Gasteiger partial charge in [0, 0.05) is 14.7 Å². The first-order chi connectivity index (χ1) is 7.85. The third kappa shape index (κ3) is 4.54. The number of rotatable bonds is 5. The van der Waals surface area contributed by atoms with Crippen LogP contribution in [-0.4, -0.2) is 24.5 Å². The highest BCUT2D eigenvalue weighted by Crippen LogP contribution is 2.23. The first kappa shape index (κ1) is 14.9. The van der Waals surface area contributed by atoms with Crippen LogP contribution in [0.5, 0.6) is 0 Å². The highest BCUT2D eigenvalue weighted by atomic mass is 79.9. The van der Waals surface area contributed by atoms with E-state index in [9.17, 15) is 0 Å². The smallest absolute Gasteiger partial charge is 0.147 e. The van der Waals surface area contributed by atoms with Gasteiger partial charge in [0.15, 0.2) is 0 Å². The third-order valence-corrected chi connectivity index (χ3v) is 5.23. The van der Waals surface area contributed by atoms with E-state index in [1.54, 1.807) is 4.68 Å². The van der Waals surface area contributed by atoms with Gasteiger partial charge in [0.25, 0.3) is 0 Å². The summed E-state index contributed by atoms with van der Waals surface area (Å²) in [6.45, 7) is 8.03. The molecule has 0 aromatic carbocycles. The van der Waals surface area contributed by atoms with E-state index in [0.717, 1.165) is 12.7 Å². The summed E-state index contributed by atoms with van der Waals surface area (Å²) in [5.41, 5.74) is 0.499. The number of halogens is 2. The summed E-state index contributed by atoms with van der Waals surface area (Å²) in [4.78, 5) is 0. The predicted molar refractivity (Wildman–Crippen MR) is 76.4 cm³/mol. The maximum atomic E-state index is 8.89. The van der Waals surface area contributed by atoms with Crippen molar-refractivity contribution >= 4 is 39.9 Å². The molecule has 0 saturated carbocycles. The van der Waals surface area contributed by atoms with Crippen LogP contribution in [0, 0.1) is 11.3 Å². The van der Waals surface area contributed by atoms with Crippen LogP contribution in [0.25, 0.3) is 0 Å². The van der Waals surface area contributed by atoms with Crippen molar-refractivity contribution in [2.75, 3.05) is 6.61 Å². The SMILES string of the molecule is C[Si](C)(C)CCOCn1nc(Br)c(C#N)c1Br. The van der Waals surface area contributed by atoms with Gasteiger partial charge in [-0.1, -0.05) is 19.6 Å². The summed E-state index contributed by atoms with van der Waals surface area (Å²) in [5, 5.41) is 13.1. The molecule has 0 spiro atoms. The summed E-state index contributed by atoms with van der Waals surface area (Å²) in [6, 6.07) is 3.20. The minimum atomic E-state index is -1.05. The van der Waals surface area contributed by atoms with Gasteiger partial charge in [0.1, 0.15) is 27.6 Å². The summed E-state index contributed by atoms with van der Waals surface area (Å²) in [7, 11) is -1.05. The van der Waals surface area contributed by atoms with Crippen LogP contribution in [0.15, 0.2) is 9.21 Å². The first-order valence-corrected chi connectivity index (χ1v) is 10.5. The van der Waals surface area contributed by atoms with Gasteiger partial charge in [0.05, 0.1) is 0 Å². The van der Waals surface area contributed by atoms with Crippen molar-refractivity contribution in [3.63, 3.8) is 0 Å². The third-order valence-electron chi connectivity index (χ3n) is 2.17. The Labute approximate surface area is 119 Å². The van der Waals surface area contributed by atoms with Gasteiger partial charge in [-0.05, 0) is 37.9 Å². The molecule has 94 valence electrons. The zero-order valence-corrected chi connectivity index (χ0v) is 14.3. The Morgan fingerprint density at radius 2 is 2.06 bits per heavy atom. The van der Waals surface area contributed by atoms with Crippen LogP contribution in [-0.2, 0) is 11.5 Å². The predicted octanol–water partition coefficient (Wildman–Crippen LogP) is 3.59. The minimum absolute atomic E-state index is 0.366. The fourth-order valence-electron chi connectivity index (χ4n) is 1.12. The van der Waals surface area contributed by atoms with Crippen molar-refractivity contribution in [3.05, 3.63) is 14.8 Å². The quantitative estimate of drug-likeness (QED) is 0.579. The molecule has 7 heteroatoms. The lowest BCUT2D eigenvalue weighted by Gasteiger charge is -2.15. The van der Waals surface area contributed by atoms with E-state index in [4.69, 9.17) is 10.00 Å². The zero-order chi connectivity index (χ0) is 13.1. The van der Waals surface area contributed by atoms with Crippen LogP contribution in [0.4, 0.5) is 0 Å². The molecule has 1 aromatic rings. The van der Waals surface area contributed by atoms with Crippen LogP contribution in [0.3, 0.4) is 0 Å². The van der Waals surface area contributed by atoms with Gasteiger partial charge in [-0.2, -0.15) is 10.4 Å². The molecule has 0 aliphatic carbocycles. The number of nitrogens with zero attached hydrogens (tertiary/aromatic N) is 3. The van der Waals surface area contributed by atoms with Crippen molar-refractivity contribution in [3.8, 4) is 6.07 Å². The van der Waals surface area contributed by atoms with E-state index in [-0.39, 0.29) is 0 Å². The Balaban J connectivity index is 2.51. The molecule has 0 radical (unpaired) electrons. The minimum Gasteiger partial charge on any atom is -0.359 e. The molecule has 0 aliphatic rings. The van der Waals surface area contributed by atoms with Gasteiger partial charge in [-0.3, -0.25) is 0 Å². The molecule has 0 fully saturated rings. The van der Waals surface area contributed by atoms with Crippen LogP contribution in [0.2, 0.25) is 25.7 Å². The fourth-order valence-corrected chi connectivity index (χ4v) is 3.07. The highest BCUT2D eigenvalue weighted by molar-refractivity contribution is 9.11. The van der Waals surface area contributed by atoms with E-state index in [1.165, 1.54) is 0 Å². The molecule has 0 aliphatic heterocycles. The van der Waals surface area contributed by atoms with Crippen LogP contribution in [0.1, 0.15) is 5.56 Å². The molecule has 4 nitrogen and oxygen atoms in total. The van der Waals surface area contributed by atoms with E-state index < -0.39 is 8.07 Å². The number of hydrogen-bond acceptors (Lipinski definition) is 3. The molecular weight excluding hydrogens is 366 g/mol. The summed E-state index contributed by atoms with van der Waals surface area (Å²) < 4.78 is 8.39. The van der Waals surface area contributed by atoms with Crippen molar-refractivity contribution in [2.24, 2.45) is 0 Å². The van der Waals surface area contributed by atoms with Crippen molar-refractivity contribution in [1.29, 1.82) is 5.26 Å². The van der Waals surface area contributed by atoms with Gasteiger partial charge < -0.3 is 4.74 Å². The van der Waals surface area contributed by atoms with E-state index >= 15 is 0 Å². The van der Waals surface area contributed by atoms with Gasteiger partial charge in [-0.15, -0.1) is 0 Å². The number of nitriles is 1. The maximum Gasteiger partial charge on any atom is 0.147 e. The second-order valence-electron chi connectivity index (χ2n) is 4.92. The number of aromatic nitrogens is 2. The number of hydrogen-bond donors (Lipinski definition) is 0. The van der Waals surface area contributed by atoms with E-state index in [1.807, 2.05) is 0 Å². The molecule has 17 heavy (non-hydrogen) atoms. The van der Waals surface area contributed by atoms with Crippen LogP contribution >= 0.6 is 31.9 Å². The Kier molecular flexibility index (Phi) is 5.38. The van der Waals surface area contributed by atoms with Gasteiger partial charge in [-0.25, -0.2) is 4.68 Å². The lowest BCUT2D eigenvalue weighted by Crippen LogP contribution is -2.22. The standard InChI is InChI=1S/C10H15Br2N3OSi/c1-17(2,3)5-4-16-7-15-10(12)8(6-13)9(11)14-15/h4-5,7H2,1-3H3. The molecule has 0 bridgehead atoms. The second kappa shape index (κ2) is 6.14. The Morgan fingerprint density at radius 3 is 2.53 bits per heavy atom. The number of ether oxygens (including phenoxy) is 1. The summed E-state index contributed by atoms with van der Waals surface area (Å²) >= 11 is 6.57. The maximum absolute atomic E-state index is 8.89. The summed E-state index contributed by atoms with van der Waals surface area (Å²) in [5.74, 6) is 0. The van der Waals surface area contributed by atoms with E-state index in [0.29, 0.717) is 21.5 Å². The Morgan fingerprint density at radius 1 is 1.41 bits per heavy atom. The normalized spacial score (nSPS) is 11.5. The Hall–Kier alpha value is -0.163. The lowest BCUT2D eigenvalue weighted by molar-refractivity contribution is 0.0767. The average Bonchev–Trinajstić information content (AvgIpc) is 2.47. The molecule has 1 heterocycles. The van der Waals surface area contributed by atoms with Crippen molar-refractivity contribution in [2.45, 2.75) is 32.4 Å². The molecule has 0 N–H and O–H groups in total. The van der Waals surface area contributed by atoms with Crippen molar-refractivity contribution in [1.82, 2.24) is 9.78 Å². The molecule has 0 atom stereocenters. The highest BCUT2D eigenvalue weighted by Gasteiger charge is 2.15. The van der Waals surface area contributed by atoms with Crippen molar-refractivity contribution < 1.29 is 4.74 Å². The largest absolute Gasteiger partial charge is 0.359 e. The molecule has 0 saturated heterocycles. The first-order valence-electron chi connectivity index (χ1n) is 5.25. The molecule has 1 rings (SSSR count). The zero-order valence-electron chi connectivity index (χ0n) is 10.1.